The van der Waals surface area contributed by atoms with E-state index in [4.69, 9.17) is 0 Å². The lowest BCUT2D eigenvalue weighted by Crippen LogP contribution is -2.11. The molecule has 5 heteroatoms. The number of carbonyl (C=O) groups excluding carboxylic acids is 1. The number of thioether (sulfide) groups is 1. The van der Waals surface area contributed by atoms with Crippen LogP contribution in [-0.4, -0.2) is 36.1 Å². The molecule has 1 aromatic rings. The lowest BCUT2D eigenvalue weighted by molar-refractivity contribution is 0.0599. The molecule has 18 heavy (non-hydrogen) atoms. The topological polar surface area (TPSA) is 51.2 Å². The fourth-order valence-electron chi connectivity index (χ4n) is 1.51. The number of rotatable bonds is 6. The minimum Gasteiger partial charge on any atom is -0.465 e. The van der Waals surface area contributed by atoms with E-state index in [9.17, 15) is 4.79 Å². The number of aryl methyl sites for hydroxylation is 1. The van der Waals surface area contributed by atoms with Crippen LogP contribution in [0.15, 0.2) is 12.1 Å². The second-order valence-electron chi connectivity index (χ2n) is 4.08. The van der Waals surface area contributed by atoms with Gasteiger partial charge in [-0.25, -0.2) is 9.78 Å². The minimum absolute atomic E-state index is 0.345. The van der Waals surface area contributed by atoms with E-state index >= 15 is 0 Å². The Morgan fingerprint density at radius 2 is 2.28 bits per heavy atom. The van der Waals surface area contributed by atoms with E-state index < -0.39 is 0 Å². The molecule has 1 heterocycles. The Hall–Kier alpha value is -1.23. The van der Waals surface area contributed by atoms with Gasteiger partial charge >= 0.3 is 5.97 Å². The van der Waals surface area contributed by atoms with Crippen LogP contribution in [0.1, 0.15) is 29.4 Å². The summed E-state index contributed by atoms with van der Waals surface area (Å²) in [4.78, 5) is 15.7. The molecule has 0 spiro atoms. The van der Waals surface area contributed by atoms with Crippen LogP contribution < -0.4 is 5.32 Å². The Morgan fingerprint density at radius 3 is 2.83 bits per heavy atom. The number of methoxy groups -OCH3 is 1. The fourth-order valence-corrected chi connectivity index (χ4v) is 1.86. The molecule has 1 aromatic heterocycles. The van der Waals surface area contributed by atoms with Crippen molar-refractivity contribution in [2.24, 2.45) is 0 Å². The van der Waals surface area contributed by atoms with Crippen LogP contribution in [0.25, 0.3) is 0 Å². The Labute approximate surface area is 113 Å². The lowest BCUT2D eigenvalue weighted by atomic mass is 10.2. The predicted octanol–water partition coefficient (Wildman–Crippen LogP) is 2.73. The van der Waals surface area contributed by atoms with Gasteiger partial charge < -0.3 is 10.1 Å². The zero-order valence-electron chi connectivity index (χ0n) is 11.3. The highest BCUT2D eigenvalue weighted by Crippen LogP contribution is 2.13. The molecule has 0 aliphatic rings. The first kappa shape index (κ1) is 14.8. The van der Waals surface area contributed by atoms with Crippen molar-refractivity contribution < 1.29 is 9.53 Å². The molecule has 0 bridgehead atoms. The summed E-state index contributed by atoms with van der Waals surface area (Å²) in [5, 5.41) is 3.89. The molecule has 1 atom stereocenters. The average molecular weight is 268 g/mol. The van der Waals surface area contributed by atoms with E-state index in [-0.39, 0.29) is 5.97 Å². The largest absolute Gasteiger partial charge is 0.465 e. The van der Waals surface area contributed by atoms with E-state index in [1.54, 1.807) is 6.07 Å². The van der Waals surface area contributed by atoms with Crippen molar-refractivity contribution in [2.45, 2.75) is 25.5 Å². The van der Waals surface area contributed by atoms with Crippen molar-refractivity contribution in [1.82, 2.24) is 4.98 Å². The van der Waals surface area contributed by atoms with Crippen molar-refractivity contribution in [3.63, 3.8) is 0 Å². The molecule has 1 unspecified atom stereocenters. The zero-order chi connectivity index (χ0) is 13.5. The van der Waals surface area contributed by atoms with Crippen LogP contribution in [0.5, 0.6) is 0 Å². The van der Waals surface area contributed by atoms with Gasteiger partial charge in [-0.1, -0.05) is 6.92 Å². The molecule has 1 rings (SSSR count). The highest BCUT2D eigenvalue weighted by atomic mass is 32.2. The van der Waals surface area contributed by atoms with Gasteiger partial charge in [0.05, 0.1) is 18.4 Å². The Kier molecular flexibility index (Phi) is 5.98. The van der Waals surface area contributed by atoms with Crippen molar-refractivity contribution in [3.8, 4) is 0 Å². The van der Waals surface area contributed by atoms with Crippen LogP contribution in [-0.2, 0) is 4.74 Å². The van der Waals surface area contributed by atoms with Crippen molar-refractivity contribution in [3.05, 3.63) is 23.4 Å². The van der Waals surface area contributed by atoms with Crippen molar-refractivity contribution in [2.75, 3.05) is 25.2 Å². The first-order chi connectivity index (χ1) is 8.58. The van der Waals surface area contributed by atoms with Gasteiger partial charge in [0.15, 0.2) is 0 Å². The number of hydrogen-bond acceptors (Lipinski definition) is 5. The normalized spacial score (nSPS) is 12.0. The lowest BCUT2D eigenvalue weighted by Gasteiger charge is -2.11. The third kappa shape index (κ3) is 4.22. The number of pyridine rings is 1. The van der Waals surface area contributed by atoms with E-state index in [0.29, 0.717) is 16.5 Å². The number of ether oxygens (including phenoxy) is 1. The Balaban J connectivity index is 2.59. The molecule has 4 nitrogen and oxygen atoms in total. The summed E-state index contributed by atoms with van der Waals surface area (Å²) in [5.41, 5.74) is 1.20. The first-order valence-electron chi connectivity index (χ1n) is 5.91. The fraction of sp³-hybridized carbons (Fsp3) is 0.538. The van der Waals surface area contributed by atoms with E-state index in [1.165, 1.54) is 7.11 Å². The van der Waals surface area contributed by atoms with Gasteiger partial charge in [0, 0.05) is 11.8 Å². The van der Waals surface area contributed by atoms with Gasteiger partial charge in [-0.15, -0.1) is 0 Å². The van der Waals surface area contributed by atoms with Crippen LogP contribution in [0.2, 0.25) is 0 Å². The van der Waals surface area contributed by atoms with Crippen molar-refractivity contribution >= 4 is 23.5 Å². The monoisotopic (exact) mass is 268 g/mol. The third-order valence-corrected chi connectivity index (χ3v) is 3.79. The maximum atomic E-state index is 11.4. The SMILES string of the molecule is COC(=O)c1ccc(NCCC(C)SC)nc1C. The molecule has 100 valence electrons. The minimum atomic E-state index is -0.345. The standard InChI is InChI=1S/C13H20N2O2S/c1-9(18-4)7-8-14-12-6-5-11(10(2)15-12)13(16)17-3/h5-6,9H,7-8H2,1-4H3,(H,14,15). The Bertz CT molecular complexity index is 410. The zero-order valence-corrected chi connectivity index (χ0v) is 12.1. The van der Waals surface area contributed by atoms with Crippen LogP contribution >= 0.6 is 11.8 Å². The summed E-state index contributed by atoms with van der Waals surface area (Å²) in [6.45, 7) is 4.89. The summed E-state index contributed by atoms with van der Waals surface area (Å²) < 4.78 is 4.68. The first-order valence-corrected chi connectivity index (χ1v) is 7.20. The van der Waals surface area contributed by atoms with Gasteiger partial charge in [-0.2, -0.15) is 11.8 Å². The molecule has 0 fully saturated rings. The molecule has 0 aliphatic heterocycles. The summed E-state index contributed by atoms with van der Waals surface area (Å²) in [7, 11) is 1.37. The van der Waals surface area contributed by atoms with Crippen LogP contribution in [0.4, 0.5) is 5.82 Å². The molecular formula is C13H20N2O2S. The number of anilines is 1. The van der Waals surface area contributed by atoms with Gasteiger partial charge in [0.1, 0.15) is 5.82 Å². The van der Waals surface area contributed by atoms with Crippen molar-refractivity contribution in [1.29, 1.82) is 0 Å². The number of carbonyl (C=O) groups is 1. The Morgan fingerprint density at radius 1 is 1.56 bits per heavy atom. The molecule has 0 saturated carbocycles. The van der Waals surface area contributed by atoms with Crippen LogP contribution in [0.3, 0.4) is 0 Å². The highest BCUT2D eigenvalue weighted by molar-refractivity contribution is 7.99. The summed E-state index contributed by atoms with van der Waals surface area (Å²) >= 11 is 1.85. The second kappa shape index (κ2) is 7.26. The molecule has 0 aliphatic carbocycles. The van der Waals surface area contributed by atoms with Gasteiger partial charge in [-0.05, 0) is 31.7 Å². The molecule has 0 saturated heterocycles. The second-order valence-corrected chi connectivity index (χ2v) is 5.36. The number of nitrogens with zero attached hydrogens (tertiary/aromatic N) is 1. The maximum Gasteiger partial charge on any atom is 0.339 e. The molecule has 0 amide bonds. The van der Waals surface area contributed by atoms with Gasteiger partial charge in [-0.3, -0.25) is 0 Å². The smallest absolute Gasteiger partial charge is 0.339 e. The number of hydrogen-bond donors (Lipinski definition) is 1. The molecule has 0 radical (unpaired) electrons. The summed E-state index contributed by atoms with van der Waals surface area (Å²) in [6.07, 6.45) is 3.19. The van der Waals surface area contributed by atoms with E-state index in [0.717, 1.165) is 18.8 Å². The van der Waals surface area contributed by atoms with Gasteiger partial charge in [0.2, 0.25) is 0 Å². The average Bonchev–Trinajstić information content (AvgIpc) is 2.37. The number of aromatic nitrogens is 1. The highest BCUT2D eigenvalue weighted by Gasteiger charge is 2.10. The summed E-state index contributed by atoms with van der Waals surface area (Å²) in [6, 6.07) is 3.55. The molecular weight excluding hydrogens is 248 g/mol. The quantitative estimate of drug-likeness (QED) is 0.804. The maximum absolute atomic E-state index is 11.4. The number of esters is 1. The molecule has 0 aromatic carbocycles. The van der Waals surface area contributed by atoms with Crippen LogP contribution in [0, 0.1) is 6.92 Å². The predicted molar refractivity (Wildman–Crippen MR) is 76.4 cm³/mol. The summed E-state index contributed by atoms with van der Waals surface area (Å²) in [5.74, 6) is 0.455. The third-order valence-electron chi connectivity index (χ3n) is 2.75. The number of nitrogens with one attached hydrogen (secondary N) is 1. The van der Waals surface area contributed by atoms with Gasteiger partial charge in [0.25, 0.3) is 0 Å². The van der Waals surface area contributed by atoms with E-state index in [2.05, 4.69) is 28.2 Å². The van der Waals surface area contributed by atoms with E-state index in [1.807, 2.05) is 24.8 Å². The molecule has 1 N–H and O–H groups in total.